The average molecular weight is 337 g/mol. The number of piperidine rings is 1. The predicted octanol–water partition coefficient (Wildman–Crippen LogP) is 3.29. The summed E-state index contributed by atoms with van der Waals surface area (Å²) >= 11 is 3.22. The van der Waals surface area contributed by atoms with Crippen LogP contribution < -0.4 is 0 Å². The van der Waals surface area contributed by atoms with Crippen molar-refractivity contribution in [2.75, 3.05) is 13.1 Å². The van der Waals surface area contributed by atoms with E-state index in [1.165, 1.54) is 21.9 Å². The molecular weight excluding hydrogens is 318 g/mol. The minimum Gasteiger partial charge on any atom is -0.476 e. The molecule has 3 rings (SSSR count). The highest BCUT2D eigenvalue weighted by molar-refractivity contribution is 7.11. The van der Waals surface area contributed by atoms with Crippen LogP contribution in [0.5, 0.6) is 0 Å². The van der Waals surface area contributed by atoms with E-state index in [1.54, 1.807) is 16.7 Å². The molecule has 1 atom stereocenters. The Labute approximate surface area is 137 Å². The standard InChI is InChI=1S/C15H19N3O2S2/c1-9-12(16-10(2)22-9)7-18-5-3-4-11(6-18)14-17-13(8-21-14)15(19)20/h8,11H,3-7H2,1-2H3,(H,19,20). The summed E-state index contributed by atoms with van der Waals surface area (Å²) in [7, 11) is 0. The van der Waals surface area contributed by atoms with Crippen LogP contribution in [0.1, 0.15) is 49.8 Å². The number of carboxylic acid groups (broad SMARTS) is 1. The average Bonchev–Trinajstić information content (AvgIpc) is 3.07. The molecule has 1 unspecified atom stereocenters. The minimum atomic E-state index is -0.941. The second-order valence-electron chi connectivity index (χ2n) is 5.69. The van der Waals surface area contributed by atoms with E-state index >= 15 is 0 Å². The molecule has 1 aliphatic rings. The quantitative estimate of drug-likeness (QED) is 0.927. The van der Waals surface area contributed by atoms with Gasteiger partial charge in [0, 0.05) is 29.3 Å². The molecule has 0 amide bonds. The number of aryl methyl sites for hydroxylation is 2. The van der Waals surface area contributed by atoms with Gasteiger partial charge in [-0.25, -0.2) is 14.8 Å². The summed E-state index contributed by atoms with van der Waals surface area (Å²) in [5, 5.41) is 12.7. The molecule has 2 aromatic rings. The molecule has 1 saturated heterocycles. The number of nitrogens with zero attached hydrogens (tertiary/aromatic N) is 3. The second-order valence-corrected chi connectivity index (χ2v) is 7.98. The molecule has 1 fully saturated rings. The van der Waals surface area contributed by atoms with Crippen LogP contribution in [0, 0.1) is 13.8 Å². The van der Waals surface area contributed by atoms with Crippen LogP contribution in [0.2, 0.25) is 0 Å². The van der Waals surface area contributed by atoms with Gasteiger partial charge in [-0.05, 0) is 33.2 Å². The number of aromatic nitrogens is 2. The Bertz CT molecular complexity index is 680. The number of carbonyl (C=O) groups is 1. The fraction of sp³-hybridized carbons (Fsp3) is 0.533. The van der Waals surface area contributed by atoms with Crippen LogP contribution in [0.3, 0.4) is 0 Å². The molecule has 2 aromatic heterocycles. The first-order valence-electron chi connectivity index (χ1n) is 7.37. The SMILES string of the molecule is Cc1nc(CN2CCCC(c3nc(C(=O)O)cs3)C2)c(C)s1. The third-order valence-corrected chi connectivity index (χ3v) is 5.90. The molecule has 5 nitrogen and oxygen atoms in total. The maximum atomic E-state index is 11.0. The zero-order valence-electron chi connectivity index (χ0n) is 12.7. The first-order chi connectivity index (χ1) is 10.5. The maximum Gasteiger partial charge on any atom is 0.355 e. The molecule has 7 heteroatoms. The van der Waals surface area contributed by atoms with Crippen molar-refractivity contribution in [3.8, 4) is 0 Å². The van der Waals surface area contributed by atoms with Gasteiger partial charge in [-0.1, -0.05) is 0 Å². The highest BCUT2D eigenvalue weighted by Crippen LogP contribution is 2.30. The molecule has 0 aromatic carbocycles. The number of hydrogen-bond donors (Lipinski definition) is 1. The third kappa shape index (κ3) is 3.37. The Morgan fingerprint density at radius 2 is 2.27 bits per heavy atom. The van der Waals surface area contributed by atoms with E-state index in [1.807, 2.05) is 6.92 Å². The molecular formula is C15H19N3O2S2. The van der Waals surface area contributed by atoms with E-state index in [4.69, 9.17) is 5.11 Å². The number of likely N-dealkylation sites (tertiary alicyclic amines) is 1. The monoisotopic (exact) mass is 337 g/mol. The smallest absolute Gasteiger partial charge is 0.355 e. The number of thiazole rings is 2. The number of rotatable bonds is 4. The lowest BCUT2D eigenvalue weighted by atomic mass is 9.98. The molecule has 0 radical (unpaired) electrons. The Morgan fingerprint density at radius 1 is 1.45 bits per heavy atom. The summed E-state index contributed by atoms with van der Waals surface area (Å²) in [5.74, 6) is -0.601. The Balaban J connectivity index is 1.68. The van der Waals surface area contributed by atoms with E-state index in [2.05, 4.69) is 21.8 Å². The van der Waals surface area contributed by atoms with Gasteiger partial charge in [0.05, 0.1) is 15.7 Å². The van der Waals surface area contributed by atoms with Crippen molar-refractivity contribution in [2.45, 2.75) is 39.2 Å². The summed E-state index contributed by atoms with van der Waals surface area (Å²) in [6, 6.07) is 0. The lowest BCUT2D eigenvalue weighted by Gasteiger charge is -2.31. The summed E-state index contributed by atoms with van der Waals surface area (Å²) in [6.45, 7) is 7.06. The largest absolute Gasteiger partial charge is 0.476 e. The van der Waals surface area contributed by atoms with E-state index < -0.39 is 5.97 Å². The third-order valence-electron chi connectivity index (χ3n) is 3.97. The number of hydrogen-bond acceptors (Lipinski definition) is 6. The van der Waals surface area contributed by atoms with Gasteiger partial charge in [0.1, 0.15) is 0 Å². The van der Waals surface area contributed by atoms with Gasteiger partial charge in [0.15, 0.2) is 5.69 Å². The summed E-state index contributed by atoms with van der Waals surface area (Å²) in [6.07, 6.45) is 2.20. The molecule has 0 bridgehead atoms. The zero-order chi connectivity index (χ0) is 15.7. The van der Waals surface area contributed by atoms with Crippen molar-refractivity contribution in [3.63, 3.8) is 0 Å². The van der Waals surface area contributed by atoms with Crippen molar-refractivity contribution in [2.24, 2.45) is 0 Å². The van der Waals surface area contributed by atoms with Gasteiger partial charge in [-0.2, -0.15) is 0 Å². The lowest BCUT2D eigenvalue weighted by molar-refractivity contribution is 0.0691. The van der Waals surface area contributed by atoms with E-state index in [0.29, 0.717) is 5.92 Å². The number of carboxylic acids is 1. The molecule has 0 aliphatic carbocycles. The van der Waals surface area contributed by atoms with Crippen LogP contribution in [0.4, 0.5) is 0 Å². The first kappa shape index (κ1) is 15.6. The Kier molecular flexibility index (Phi) is 4.56. The lowest BCUT2D eigenvalue weighted by Crippen LogP contribution is -2.34. The molecule has 3 heterocycles. The molecule has 22 heavy (non-hydrogen) atoms. The van der Waals surface area contributed by atoms with Gasteiger partial charge >= 0.3 is 5.97 Å². The summed E-state index contributed by atoms with van der Waals surface area (Å²) in [5.41, 5.74) is 1.34. The van der Waals surface area contributed by atoms with Gasteiger partial charge in [0.2, 0.25) is 0 Å². The topological polar surface area (TPSA) is 66.3 Å². The van der Waals surface area contributed by atoms with Gasteiger partial charge < -0.3 is 5.11 Å². The van der Waals surface area contributed by atoms with Crippen LogP contribution in [0.15, 0.2) is 5.38 Å². The summed E-state index contributed by atoms with van der Waals surface area (Å²) in [4.78, 5) is 23.6. The second kappa shape index (κ2) is 6.44. The fourth-order valence-corrected chi connectivity index (χ4v) is 4.65. The molecule has 118 valence electrons. The molecule has 1 N–H and O–H groups in total. The van der Waals surface area contributed by atoms with E-state index in [-0.39, 0.29) is 5.69 Å². The van der Waals surface area contributed by atoms with Crippen molar-refractivity contribution < 1.29 is 9.90 Å². The highest BCUT2D eigenvalue weighted by Gasteiger charge is 2.25. The van der Waals surface area contributed by atoms with Crippen molar-refractivity contribution in [1.29, 1.82) is 0 Å². The maximum absolute atomic E-state index is 11.0. The molecule has 0 saturated carbocycles. The summed E-state index contributed by atoms with van der Waals surface area (Å²) < 4.78 is 0. The number of aromatic carboxylic acids is 1. The van der Waals surface area contributed by atoms with Crippen molar-refractivity contribution in [1.82, 2.24) is 14.9 Å². The minimum absolute atomic E-state index is 0.170. The van der Waals surface area contributed by atoms with Crippen LogP contribution in [-0.4, -0.2) is 39.0 Å². The first-order valence-corrected chi connectivity index (χ1v) is 9.06. The van der Waals surface area contributed by atoms with Crippen LogP contribution in [0.25, 0.3) is 0 Å². The normalized spacial score (nSPS) is 19.5. The van der Waals surface area contributed by atoms with Gasteiger partial charge in [0.25, 0.3) is 0 Å². The van der Waals surface area contributed by atoms with Crippen molar-refractivity contribution >= 4 is 28.6 Å². The molecule has 0 spiro atoms. The highest BCUT2D eigenvalue weighted by atomic mass is 32.1. The van der Waals surface area contributed by atoms with E-state index in [9.17, 15) is 4.79 Å². The van der Waals surface area contributed by atoms with E-state index in [0.717, 1.165) is 42.5 Å². The van der Waals surface area contributed by atoms with Gasteiger partial charge in [-0.15, -0.1) is 22.7 Å². The van der Waals surface area contributed by atoms with Crippen molar-refractivity contribution in [3.05, 3.63) is 31.7 Å². The van der Waals surface area contributed by atoms with Gasteiger partial charge in [-0.3, -0.25) is 4.90 Å². The Hall–Kier alpha value is -1.31. The van der Waals surface area contributed by atoms with Crippen LogP contribution >= 0.6 is 22.7 Å². The Morgan fingerprint density at radius 3 is 2.91 bits per heavy atom. The zero-order valence-corrected chi connectivity index (χ0v) is 14.3. The fourth-order valence-electron chi connectivity index (χ4n) is 2.90. The molecule has 1 aliphatic heterocycles. The van der Waals surface area contributed by atoms with Crippen LogP contribution in [-0.2, 0) is 6.54 Å². The predicted molar refractivity (Wildman–Crippen MR) is 87.9 cm³/mol.